The van der Waals surface area contributed by atoms with E-state index in [0.29, 0.717) is 25.3 Å². The minimum absolute atomic E-state index is 0.418. The highest BCUT2D eigenvalue weighted by atomic mass is 16.3. The van der Waals surface area contributed by atoms with Crippen LogP contribution >= 0.6 is 0 Å². The van der Waals surface area contributed by atoms with Gasteiger partial charge in [0.2, 0.25) is 0 Å². The van der Waals surface area contributed by atoms with E-state index < -0.39 is 6.10 Å². The van der Waals surface area contributed by atoms with Crippen molar-refractivity contribution in [3.8, 4) is 0 Å². The number of benzene rings is 1. The van der Waals surface area contributed by atoms with E-state index in [0.717, 1.165) is 18.7 Å². The monoisotopic (exact) mass is 340 g/mol. The average molecular weight is 340 g/mol. The van der Waals surface area contributed by atoms with Crippen LogP contribution in [0.25, 0.3) is 0 Å². The molecule has 0 spiro atoms. The standard InChI is InChI=1S/C18H24N6O/c1-3-16(25)10-24-18(9-8-15-7-5-4-6-14(15)2)21-17(22-24)11-23-13-19-12-20-23/h4-7,12-13,16,25H,3,8-11H2,1-2H3/t16-/m1/s1. The largest absolute Gasteiger partial charge is 0.391 e. The Balaban J connectivity index is 1.77. The molecule has 0 fully saturated rings. The molecule has 25 heavy (non-hydrogen) atoms. The second kappa shape index (κ2) is 8.02. The van der Waals surface area contributed by atoms with Gasteiger partial charge in [-0.15, -0.1) is 0 Å². The molecule has 3 rings (SSSR count). The minimum Gasteiger partial charge on any atom is -0.391 e. The predicted octanol–water partition coefficient (Wildman–Crippen LogP) is 1.78. The van der Waals surface area contributed by atoms with Crippen LogP contribution in [0.2, 0.25) is 0 Å². The van der Waals surface area contributed by atoms with Crippen LogP contribution in [0, 0.1) is 6.92 Å². The van der Waals surface area contributed by atoms with Gasteiger partial charge in [0.15, 0.2) is 5.82 Å². The molecule has 0 saturated carbocycles. The van der Waals surface area contributed by atoms with Gasteiger partial charge < -0.3 is 5.11 Å². The number of aryl methyl sites for hydroxylation is 3. The molecule has 0 aliphatic carbocycles. The minimum atomic E-state index is -0.418. The van der Waals surface area contributed by atoms with Crippen molar-refractivity contribution in [1.82, 2.24) is 29.5 Å². The Hall–Kier alpha value is -2.54. The first-order valence-electron chi connectivity index (χ1n) is 8.63. The number of nitrogens with zero attached hydrogens (tertiary/aromatic N) is 6. The maximum atomic E-state index is 10.0. The third-order valence-corrected chi connectivity index (χ3v) is 4.30. The SMILES string of the molecule is CC[C@@H](O)Cn1nc(Cn2cncn2)nc1CCc1ccccc1C. The topological polar surface area (TPSA) is 81.6 Å². The van der Waals surface area contributed by atoms with Gasteiger partial charge in [-0.2, -0.15) is 10.2 Å². The molecule has 0 saturated heterocycles. The van der Waals surface area contributed by atoms with E-state index in [1.807, 2.05) is 11.6 Å². The number of rotatable bonds is 8. The van der Waals surface area contributed by atoms with Crippen LogP contribution in [0.15, 0.2) is 36.9 Å². The van der Waals surface area contributed by atoms with Gasteiger partial charge in [0.05, 0.1) is 12.6 Å². The van der Waals surface area contributed by atoms with Gasteiger partial charge in [0, 0.05) is 6.42 Å². The molecular formula is C18H24N6O. The number of aromatic nitrogens is 6. The zero-order valence-electron chi connectivity index (χ0n) is 14.7. The maximum absolute atomic E-state index is 10.0. The zero-order valence-corrected chi connectivity index (χ0v) is 14.7. The number of aliphatic hydroxyl groups excluding tert-OH is 1. The van der Waals surface area contributed by atoms with Crippen LogP contribution in [0.3, 0.4) is 0 Å². The highest BCUT2D eigenvalue weighted by Gasteiger charge is 2.14. The smallest absolute Gasteiger partial charge is 0.172 e. The summed E-state index contributed by atoms with van der Waals surface area (Å²) < 4.78 is 3.53. The van der Waals surface area contributed by atoms with Crippen LogP contribution < -0.4 is 0 Å². The van der Waals surface area contributed by atoms with Gasteiger partial charge in [-0.05, 0) is 30.9 Å². The van der Waals surface area contributed by atoms with E-state index in [1.165, 1.54) is 17.5 Å². The van der Waals surface area contributed by atoms with E-state index in [2.05, 4.69) is 51.4 Å². The molecule has 3 aromatic rings. The molecule has 1 N–H and O–H groups in total. The molecule has 7 heteroatoms. The Morgan fingerprint density at radius 3 is 2.76 bits per heavy atom. The fourth-order valence-electron chi connectivity index (χ4n) is 2.75. The molecule has 1 aromatic carbocycles. The number of aliphatic hydroxyl groups is 1. The van der Waals surface area contributed by atoms with Crippen LogP contribution in [-0.4, -0.2) is 40.7 Å². The summed E-state index contributed by atoms with van der Waals surface area (Å²) in [4.78, 5) is 8.61. The Labute approximate surface area is 147 Å². The molecule has 7 nitrogen and oxygen atoms in total. The summed E-state index contributed by atoms with van der Waals surface area (Å²) in [6, 6.07) is 8.38. The lowest BCUT2D eigenvalue weighted by Crippen LogP contribution is -2.18. The van der Waals surface area contributed by atoms with Crippen molar-refractivity contribution in [3.05, 3.63) is 59.7 Å². The van der Waals surface area contributed by atoms with Gasteiger partial charge in [-0.1, -0.05) is 31.2 Å². The molecule has 0 bridgehead atoms. The molecule has 2 aromatic heterocycles. The molecule has 0 aliphatic rings. The van der Waals surface area contributed by atoms with Crippen LogP contribution in [0.4, 0.5) is 0 Å². The highest BCUT2D eigenvalue weighted by Crippen LogP contribution is 2.12. The van der Waals surface area contributed by atoms with E-state index in [1.54, 1.807) is 11.0 Å². The Morgan fingerprint density at radius 1 is 1.20 bits per heavy atom. The van der Waals surface area contributed by atoms with Crippen LogP contribution in [0.1, 0.15) is 36.1 Å². The van der Waals surface area contributed by atoms with Crippen LogP contribution in [-0.2, 0) is 25.9 Å². The van der Waals surface area contributed by atoms with Crippen molar-refractivity contribution >= 4 is 0 Å². The summed E-state index contributed by atoms with van der Waals surface area (Å²) >= 11 is 0. The Bertz CT molecular complexity index is 796. The lowest BCUT2D eigenvalue weighted by Gasteiger charge is -2.10. The first-order chi connectivity index (χ1) is 12.2. The second-order valence-corrected chi connectivity index (χ2v) is 6.21. The van der Waals surface area contributed by atoms with Gasteiger partial charge in [0.1, 0.15) is 25.0 Å². The summed E-state index contributed by atoms with van der Waals surface area (Å²) in [5, 5.41) is 18.7. The molecule has 0 aliphatic heterocycles. The highest BCUT2D eigenvalue weighted by molar-refractivity contribution is 5.26. The number of hydrogen-bond acceptors (Lipinski definition) is 5. The second-order valence-electron chi connectivity index (χ2n) is 6.21. The zero-order chi connectivity index (χ0) is 17.6. The quantitative estimate of drug-likeness (QED) is 0.676. The van der Waals surface area contributed by atoms with Gasteiger partial charge in [0.25, 0.3) is 0 Å². The maximum Gasteiger partial charge on any atom is 0.172 e. The first kappa shape index (κ1) is 17.3. The van der Waals surface area contributed by atoms with Crippen molar-refractivity contribution in [3.63, 3.8) is 0 Å². The Kier molecular flexibility index (Phi) is 5.55. The summed E-state index contributed by atoms with van der Waals surface area (Å²) in [7, 11) is 0. The summed E-state index contributed by atoms with van der Waals surface area (Å²) in [5.74, 6) is 1.58. The normalized spacial score (nSPS) is 12.4. The van der Waals surface area contributed by atoms with Crippen molar-refractivity contribution in [1.29, 1.82) is 0 Å². The van der Waals surface area contributed by atoms with E-state index in [4.69, 9.17) is 0 Å². The van der Waals surface area contributed by atoms with Gasteiger partial charge in [-0.3, -0.25) is 0 Å². The molecule has 132 valence electrons. The molecule has 0 radical (unpaired) electrons. The molecule has 0 amide bonds. The van der Waals surface area contributed by atoms with Crippen molar-refractivity contribution < 1.29 is 5.11 Å². The molecule has 1 atom stereocenters. The van der Waals surface area contributed by atoms with Crippen molar-refractivity contribution in [2.24, 2.45) is 0 Å². The van der Waals surface area contributed by atoms with Crippen molar-refractivity contribution in [2.45, 2.75) is 52.3 Å². The Morgan fingerprint density at radius 2 is 2.04 bits per heavy atom. The van der Waals surface area contributed by atoms with E-state index >= 15 is 0 Å². The molecular weight excluding hydrogens is 316 g/mol. The lowest BCUT2D eigenvalue weighted by atomic mass is 10.0. The van der Waals surface area contributed by atoms with Gasteiger partial charge in [-0.25, -0.2) is 19.3 Å². The third kappa shape index (κ3) is 4.51. The third-order valence-electron chi connectivity index (χ3n) is 4.30. The molecule has 0 unspecified atom stereocenters. The average Bonchev–Trinajstić information content (AvgIpc) is 3.24. The van der Waals surface area contributed by atoms with E-state index in [-0.39, 0.29) is 0 Å². The predicted molar refractivity (Wildman–Crippen MR) is 94.0 cm³/mol. The van der Waals surface area contributed by atoms with Crippen LogP contribution in [0.5, 0.6) is 0 Å². The summed E-state index contributed by atoms with van der Waals surface area (Å²) in [5.41, 5.74) is 2.59. The summed E-state index contributed by atoms with van der Waals surface area (Å²) in [6.07, 6.45) is 5.10. The summed E-state index contributed by atoms with van der Waals surface area (Å²) in [6.45, 7) is 5.03. The van der Waals surface area contributed by atoms with E-state index in [9.17, 15) is 5.11 Å². The molecule has 2 heterocycles. The fourth-order valence-corrected chi connectivity index (χ4v) is 2.75. The first-order valence-corrected chi connectivity index (χ1v) is 8.63. The lowest BCUT2D eigenvalue weighted by molar-refractivity contribution is 0.143. The van der Waals surface area contributed by atoms with Gasteiger partial charge >= 0.3 is 0 Å². The fraction of sp³-hybridized carbons (Fsp3) is 0.444. The number of hydrogen-bond donors (Lipinski definition) is 1. The van der Waals surface area contributed by atoms with Crippen molar-refractivity contribution in [2.75, 3.05) is 0 Å².